The van der Waals surface area contributed by atoms with Gasteiger partial charge in [0.2, 0.25) is 0 Å². The second-order valence-electron chi connectivity index (χ2n) is 16.3. The van der Waals surface area contributed by atoms with Crippen LogP contribution >= 0.6 is 0 Å². The molecule has 7 heteroatoms. The van der Waals surface area contributed by atoms with Crippen LogP contribution in [0.25, 0.3) is 117 Å². The zero-order chi connectivity index (χ0) is 42.8. The van der Waals surface area contributed by atoms with Crippen molar-refractivity contribution in [2.45, 2.75) is 0 Å². The first-order chi connectivity index (χ1) is 32.2. The molecule has 13 rings (SSSR count). The Morgan fingerprint density at radius 2 is 0.738 bits per heavy atom. The monoisotopic (exact) mass is 831 g/mol. The van der Waals surface area contributed by atoms with Gasteiger partial charge >= 0.3 is 0 Å². The summed E-state index contributed by atoms with van der Waals surface area (Å²) in [6.07, 6.45) is 0. The Kier molecular flexibility index (Phi) is 8.39. The molecule has 0 fully saturated rings. The summed E-state index contributed by atoms with van der Waals surface area (Å²) in [4.78, 5) is 21.1. The lowest BCUT2D eigenvalue weighted by Crippen LogP contribution is -2.05. The summed E-state index contributed by atoms with van der Waals surface area (Å²) in [7, 11) is 0. The first-order valence-electron chi connectivity index (χ1n) is 21.8. The molecule has 0 spiro atoms. The lowest BCUT2D eigenvalue weighted by atomic mass is 10.1. The third kappa shape index (κ3) is 5.98. The van der Waals surface area contributed by atoms with Crippen molar-refractivity contribution < 1.29 is 0 Å². The zero-order valence-electron chi connectivity index (χ0n) is 35.0. The van der Waals surface area contributed by atoms with Crippen LogP contribution in [0.2, 0.25) is 0 Å². The Balaban J connectivity index is 1.14. The fraction of sp³-hybridized carbons (Fsp3) is 0. The van der Waals surface area contributed by atoms with Crippen LogP contribution in [-0.4, -0.2) is 33.6 Å². The molecule has 0 saturated heterocycles. The molecule has 0 radical (unpaired) electrons. The van der Waals surface area contributed by atoms with Gasteiger partial charge in [-0.15, -0.1) is 0 Å². The highest BCUT2D eigenvalue weighted by Gasteiger charge is 2.24. The molecule has 0 aliphatic rings. The van der Waals surface area contributed by atoms with E-state index < -0.39 is 0 Å². The quantitative estimate of drug-likeness (QED) is 0.160. The molecule has 4 aromatic heterocycles. The van der Waals surface area contributed by atoms with E-state index >= 15 is 0 Å². The molecule has 7 nitrogen and oxygen atoms in total. The summed E-state index contributed by atoms with van der Waals surface area (Å²) < 4.78 is 7.02. The minimum atomic E-state index is 0.560. The standard InChI is InChI=1S/C58H37N7/c1-5-19-38(20-6-1)55-60-56(39-21-7-2-8-22-39)62-57(61-55)47-35-40(58-59-48-29-15-18-32-52(48)64(58)42-25-11-4-12-26-42)33-34-51(47)65-50-31-17-14-28-44(50)46-36-53-45(37-54(46)65)43-27-13-16-30-49(43)63(53)41-23-9-3-10-24-41/h1-37H. The lowest BCUT2D eigenvalue weighted by molar-refractivity contribution is 1.06. The van der Waals surface area contributed by atoms with Gasteiger partial charge in [-0.1, -0.05) is 146 Å². The van der Waals surface area contributed by atoms with E-state index in [1.165, 1.54) is 10.8 Å². The third-order valence-corrected chi connectivity index (χ3v) is 12.5. The van der Waals surface area contributed by atoms with Crippen LogP contribution in [0, 0.1) is 0 Å². The van der Waals surface area contributed by atoms with Gasteiger partial charge in [-0.3, -0.25) is 4.57 Å². The zero-order valence-corrected chi connectivity index (χ0v) is 35.0. The molecule has 0 saturated carbocycles. The minimum Gasteiger partial charge on any atom is -0.309 e. The summed E-state index contributed by atoms with van der Waals surface area (Å²) >= 11 is 0. The van der Waals surface area contributed by atoms with Crippen molar-refractivity contribution in [3.05, 3.63) is 224 Å². The van der Waals surface area contributed by atoms with Crippen LogP contribution in [0.4, 0.5) is 0 Å². The molecular weight excluding hydrogens is 795 g/mol. The van der Waals surface area contributed by atoms with Crippen LogP contribution in [0.5, 0.6) is 0 Å². The first kappa shape index (κ1) is 36.7. The van der Waals surface area contributed by atoms with E-state index in [4.69, 9.17) is 19.9 Å². The molecule has 0 amide bonds. The number of rotatable bonds is 7. The first-order valence-corrected chi connectivity index (χ1v) is 21.8. The Morgan fingerprint density at radius 1 is 0.277 bits per heavy atom. The van der Waals surface area contributed by atoms with Crippen molar-refractivity contribution in [2.24, 2.45) is 0 Å². The molecular formula is C58H37N7. The molecule has 0 unspecified atom stereocenters. The van der Waals surface area contributed by atoms with Crippen LogP contribution in [0.1, 0.15) is 0 Å². The van der Waals surface area contributed by atoms with Gasteiger partial charge in [0.25, 0.3) is 0 Å². The number of para-hydroxylation sites is 6. The van der Waals surface area contributed by atoms with E-state index in [0.29, 0.717) is 17.5 Å². The highest BCUT2D eigenvalue weighted by Crippen LogP contribution is 2.42. The van der Waals surface area contributed by atoms with E-state index in [1.54, 1.807) is 0 Å². The average molecular weight is 832 g/mol. The molecule has 304 valence electrons. The molecule has 13 aromatic rings. The molecule has 0 aliphatic heterocycles. The average Bonchev–Trinajstić information content (AvgIpc) is 4.04. The molecule has 4 heterocycles. The summed E-state index contributed by atoms with van der Waals surface area (Å²) in [5, 5.41) is 4.67. The number of imidazole rings is 1. The van der Waals surface area contributed by atoms with E-state index in [1.807, 2.05) is 48.5 Å². The highest BCUT2D eigenvalue weighted by molar-refractivity contribution is 6.19. The molecule has 65 heavy (non-hydrogen) atoms. The van der Waals surface area contributed by atoms with Crippen LogP contribution < -0.4 is 0 Å². The molecule has 0 atom stereocenters. The molecule has 0 N–H and O–H groups in total. The largest absolute Gasteiger partial charge is 0.309 e. The van der Waals surface area contributed by atoms with Crippen LogP contribution in [0.3, 0.4) is 0 Å². The van der Waals surface area contributed by atoms with Crippen molar-refractivity contribution in [3.63, 3.8) is 0 Å². The fourth-order valence-electron chi connectivity index (χ4n) is 9.58. The van der Waals surface area contributed by atoms with Crippen LogP contribution in [-0.2, 0) is 0 Å². The van der Waals surface area contributed by atoms with E-state index in [2.05, 4.69) is 190 Å². The minimum absolute atomic E-state index is 0.560. The van der Waals surface area contributed by atoms with Gasteiger partial charge in [0.15, 0.2) is 17.5 Å². The van der Waals surface area contributed by atoms with Gasteiger partial charge < -0.3 is 9.13 Å². The maximum atomic E-state index is 5.35. The Hall–Kier alpha value is -8.94. The van der Waals surface area contributed by atoms with Crippen molar-refractivity contribution in [2.75, 3.05) is 0 Å². The second kappa shape index (κ2) is 14.9. The maximum absolute atomic E-state index is 5.35. The maximum Gasteiger partial charge on any atom is 0.166 e. The fourth-order valence-corrected chi connectivity index (χ4v) is 9.58. The van der Waals surface area contributed by atoms with E-state index in [0.717, 1.165) is 89.0 Å². The van der Waals surface area contributed by atoms with Gasteiger partial charge in [-0.2, -0.15) is 0 Å². The lowest BCUT2D eigenvalue weighted by Gasteiger charge is -2.17. The topological polar surface area (TPSA) is 66.3 Å². The predicted molar refractivity (Wildman–Crippen MR) is 265 cm³/mol. The van der Waals surface area contributed by atoms with Gasteiger partial charge in [0.05, 0.1) is 38.8 Å². The van der Waals surface area contributed by atoms with Gasteiger partial charge in [0.1, 0.15) is 5.82 Å². The Bertz CT molecular complexity index is 3870. The van der Waals surface area contributed by atoms with Gasteiger partial charge in [-0.05, 0) is 78.9 Å². The third-order valence-electron chi connectivity index (χ3n) is 12.5. The summed E-state index contributed by atoms with van der Waals surface area (Å²) in [6, 6.07) is 78.5. The smallest absolute Gasteiger partial charge is 0.166 e. The Morgan fingerprint density at radius 3 is 1.34 bits per heavy atom. The molecule has 0 aliphatic carbocycles. The predicted octanol–water partition coefficient (Wildman–Crippen LogP) is 14.1. The summed E-state index contributed by atoms with van der Waals surface area (Å²) in [5.41, 5.74) is 13.1. The van der Waals surface area contributed by atoms with Gasteiger partial charge in [-0.25, -0.2) is 19.9 Å². The number of fused-ring (bicyclic) bond motifs is 7. The van der Waals surface area contributed by atoms with Crippen LogP contribution in [0.15, 0.2) is 224 Å². The van der Waals surface area contributed by atoms with Crippen molar-refractivity contribution in [1.82, 2.24) is 33.6 Å². The number of benzene rings is 9. The normalized spacial score (nSPS) is 11.7. The summed E-state index contributed by atoms with van der Waals surface area (Å²) in [5.74, 6) is 2.58. The van der Waals surface area contributed by atoms with Crippen molar-refractivity contribution in [3.8, 4) is 62.6 Å². The number of nitrogens with zero attached hydrogens (tertiary/aromatic N) is 7. The second-order valence-corrected chi connectivity index (χ2v) is 16.3. The van der Waals surface area contributed by atoms with E-state index in [9.17, 15) is 0 Å². The SMILES string of the molecule is c1ccc(-c2nc(-c3ccccc3)nc(-c3cc(-c4nc5ccccc5n4-c4ccccc4)ccc3-n3c4ccccc4c4cc5c(cc43)c3ccccc3n5-c3ccccc3)n2)cc1. The van der Waals surface area contributed by atoms with Crippen molar-refractivity contribution in [1.29, 1.82) is 0 Å². The summed E-state index contributed by atoms with van der Waals surface area (Å²) in [6.45, 7) is 0. The number of hydrogen-bond acceptors (Lipinski definition) is 4. The molecule has 9 aromatic carbocycles. The number of hydrogen-bond donors (Lipinski definition) is 0. The Labute approximate surface area is 373 Å². The molecule has 0 bridgehead atoms. The highest BCUT2D eigenvalue weighted by atomic mass is 15.1. The van der Waals surface area contributed by atoms with E-state index in [-0.39, 0.29) is 0 Å². The van der Waals surface area contributed by atoms with Crippen molar-refractivity contribution >= 4 is 54.6 Å². The van der Waals surface area contributed by atoms with Gasteiger partial charge in [0, 0.05) is 55.2 Å². The number of aromatic nitrogens is 7.